The third-order valence-corrected chi connectivity index (χ3v) is 3.22. The van der Waals surface area contributed by atoms with Crippen LogP contribution in [0.2, 0.25) is 0 Å². The first kappa shape index (κ1) is 12.4. The Bertz CT molecular complexity index is 285. The molecule has 0 amide bonds. The number of hydrogen-bond donors (Lipinski definition) is 1. The van der Waals surface area contributed by atoms with Gasteiger partial charge in [-0.3, -0.25) is 0 Å². The lowest BCUT2D eigenvalue weighted by molar-refractivity contribution is 0.256. The Morgan fingerprint density at radius 2 is 1.87 bits per heavy atom. The molecule has 1 aromatic carbocycles. The third kappa shape index (κ3) is 3.45. The second-order valence-electron chi connectivity index (χ2n) is 3.99. The molecule has 0 aliphatic heterocycles. The molecule has 1 rings (SSSR count). The predicted octanol–water partition coefficient (Wildman–Crippen LogP) is 3.64. The third-order valence-electron chi connectivity index (χ3n) is 2.71. The van der Waals surface area contributed by atoms with Crippen LogP contribution in [0.4, 0.5) is 0 Å². The fourth-order valence-electron chi connectivity index (χ4n) is 1.53. The average molecular weight is 224 g/mol. The standard InChI is InChI=1S/C13H20OS/c1-4-12(9-15)8-14-13-10(2)6-5-7-11(13)3/h5-7,12,15H,4,8-9H2,1-3H3. The summed E-state index contributed by atoms with van der Waals surface area (Å²) in [6.45, 7) is 7.12. The van der Waals surface area contributed by atoms with Crippen LogP contribution >= 0.6 is 12.6 Å². The van der Waals surface area contributed by atoms with E-state index in [0.29, 0.717) is 5.92 Å². The summed E-state index contributed by atoms with van der Waals surface area (Å²) in [5.74, 6) is 2.48. The molecule has 0 heterocycles. The molecule has 0 aliphatic carbocycles. The van der Waals surface area contributed by atoms with Gasteiger partial charge in [-0.15, -0.1) is 0 Å². The molecule has 1 unspecified atom stereocenters. The normalized spacial score (nSPS) is 12.5. The largest absolute Gasteiger partial charge is 0.493 e. The van der Waals surface area contributed by atoms with E-state index in [4.69, 9.17) is 4.74 Å². The molecule has 15 heavy (non-hydrogen) atoms. The maximum Gasteiger partial charge on any atom is 0.125 e. The zero-order valence-electron chi connectivity index (χ0n) is 9.79. The van der Waals surface area contributed by atoms with Gasteiger partial charge in [-0.1, -0.05) is 25.1 Å². The molecule has 1 atom stereocenters. The molecule has 0 radical (unpaired) electrons. The van der Waals surface area contributed by atoms with Crippen LogP contribution < -0.4 is 4.74 Å². The fraction of sp³-hybridized carbons (Fsp3) is 0.538. The lowest BCUT2D eigenvalue weighted by Gasteiger charge is -2.16. The molecule has 84 valence electrons. The van der Waals surface area contributed by atoms with E-state index in [1.165, 1.54) is 11.1 Å². The van der Waals surface area contributed by atoms with E-state index in [1.807, 2.05) is 0 Å². The Morgan fingerprint density at radius 3 is 2.33 bits per heavy atom. The Labute approximate surface area is 98.3 Å². The molecular weight excluding hydrogens is 204 g/mol. The second-order valence-corrected chi connectivity index (χ2v) is 4.35. The molecule has 0 N–H and O–H groups in total. The number of thiol groups is 1. The maximum absolute atomic E-state index is 5.86. The first-order valence-corrected chi connectivity index (χ1v) is 6.12. The molecule has 0 fully saturated rings. The number of aryl methyl sites for hydroxylation is 2. The summed E-state index contributed by atoms with van der Waals surface area (Å²) in [7, 11) is 0. The van der Waals surface area contributed by atoms with E-state index < -0.39 is 0 Å². The van der Waals surface area contributed by atoms with Crippen LogP contribution in [0, 0.1) is 19.8 Å². The van der Waals surface area contributed by atoms with Crippen LogP contribution in [0.3, 0.4) is 0 Å². The molecule has 0 aromatic heterocycles. The number of hydrogen-bond acceptors (Lipinski definition) is 2. The zero-order valence-corrected chi connectivity index (χ0v) is 10.7. The summed E-state index contributed by atoms with van der Waals surface area (Å²) in [4.78, 5) is 0. The van der Waals surface area contributed by atoms with Crippen molar-refractivity contribution in [1.29, 1.82) is 0 Å². The molecule has 1 aromatic rings. The van der Waals surface area contributed by atoms with Crippen molar-refractivity contribution >= 4 is 12.6 Å². The van der Waals surface area contributed by atoms with Crippen LogP contribution in [-0.4, -0.2) is 12.4 Å². The van der Waals surface area contributed by atoms with Crippen molar-refractivity contribution < 1.29 is 4.74 Å². The first-order valence-electron chi connectivity index (χ1n) is 5.48. The Kier molecular flexibility index (Phi) is 5.03. The maximum atomic E-state index is 5.86. The molecule has 0 saturated heterocycles. The Balaban J connectivity index is 2.64. The molecule has 2 heteroatoms. The highest BCUT2D eigenvalue weighted by Crippen LogP contribution is 2.23. The van der Waals surface area contributed by atoms with Gasteiger partial charge in [0.15, 0.2) is 0 Å². The topological polar surface area (TPSA) is 9.23 Å². The quantitative estimate of drug-likeness (QED) is 0.751. The van der Waals surface area contributed by atoms with Gasteiger partial charge >= 0.3 is 0 Å². The predicted molar refractivity (Wildman–Crippen MR) is 69.0 cm³/mol. The van der Waals surface area contributed by atoms with Crippen molar-refractivity contribution in [3.05, 3.63) is 29.3 Å². The minimum atomic E-state index is 0.548. The highest BCUT2D eigenvalue weighted by atomic mass is 32.1. The summed E-state index contributed by atoms with van der Waals surface area (Å²) in [5.41, 5.74) is 2.42. The van der Waals surface area contributed by atoms with Gasteiger partial charge in [-0.2, -0.15) is 12.6 Å². The van der Waals surface area contributed by atoms with Gasteiger partial charge in [0.05, 0.1) is 6.61 Å². The van der Waals surface area contributed by atoms with Crippen molar-refractivity contribution in [3.63, 3.8) is 0 Å². The number of rotatable bonds is 5. The van der Waals surface area contributed by atoms with Crippen LogP contribution in [-0.2, 0) is 0 Å². The molecular formula is C13H20OS. The lowest BCUT2D eigenvalue weighted by Crippen LogP contribution is -2.13. The Morgan fingerprint density at radius 1 is 1.27 bits per heavy atom. The summed E-state index contributed by atoms with van der Waals surface area (Å²) in [6, 6.07) is 6.24. The van der Waals surface area contributed by atoms with Gasteiger partial charge in [0.1, 0.15) is 5.75 Å². The second kappa shape index (κ2) is 6.06. The van der Waals surface area contributed by atoms with Crippen LogP contribution in [0.15, 0.2) is 18.2 Å². The van der Waals surface area contributed by atoms with E-state index >= 15 is 0 Å². The van der Waals surface area contributed by atoms with Gasteiger partial charge in [0, 0.05) is 5.92 Å². The molecule has 0 bridgehead atoms. The summed E-state index contributed by atoms with van der Waals surface area (Å²) in [6.07, 6.45) is 1.12. The minimum Gasteiger partial charge on any atom is -0.493 e. The van der Waals surface area contributed by atoms with E-state index in [2.05, 4.69) is 51.6 Å². The van der Waals surface area contributed by atoms with Crippen molar-refractivity contribution in [2.24, 2.45) is 5.92 Å². The van der Waals surface area contributed by atoms with Gasteiger partial charge in [0.2, 0.25) is 0 Å². The van der Waals surface area contributed by atoms with Gasteiger partial charge < -0.3 is 4.74 Å². The molecule has 1 nitrogen and oxygen atoms in total. The molecule has 0 spiro atoms. The summed E-state index contributed by atoms with van der Waals surface area (Å²) < 4.78 is 5.86. The zero-order chi connectivity index (χ0) is 11.3. The smallest absolute Gasteiger partial charge is 0.125 e. The average Bonchev–Trinajstić information content (AvgIpc) is 2.23. The van der Waals surface area contributed by atoms with E-state index in [1.54, 1.807) is 0 Å². The van der Waals surface area contributed by atoms with Crippen molar-refractivity contribution in [3.8, 4) is 5.75 Å². The summed E-state index contributed by atoms with van der Waals surface area (Å²) >= 11 is 4.31. The van der Waals surface area contributed by atoms with E-state index in [9.17, 15) is 0 Å². The van der Waals surface area contributed by atoms with Gasteiger partial charge in [-0.05, 0) is 37.1 Å². The van der Waals surface area contributed by atoms with Crippen LogP contribution in [0.25, 0.3) is 0 Å². The van der Waals surface area contributed by atoms with Crippen LogP contribution in [0.5, 0.6) is 5.75 Å². The summed E-state index contributed by atoms with van der Waals surface area (Å²) in [5, 5.41) is 0. The van der Waals surface area contributed by atoms with Crippen molar-refractivity contribution in [2.45, 2.75) is 27.2 Å². The lowest BCUT2D eigenvalue weighted by atomic mass is 10.1. The molecule has 0 aliphatic rings. The fourth-order valence-corrected chi connectivity index (χ4v) is 1.89. The number of ether oxygens (including phenoxy) is 1. The van der Waals surface area contributed by atoms with E-state index in [0.717, 1.165) is 24.5 Å². The molecule has 0 saturated carbocycles. The SMILES string of the molecule is CCC(CS)COc1c(C)cccc1C. The number of para-hydroxylation sites is 1. The van der Waals surface area contributed by atoms with Crippen molar-refractivity contribution in [2.75, 3.05) is 12.4 Å². The van der Waals surface area contributed by atoms with E-state index in [-0.39, 0.29) is 0 Å². The minimum absolute atomic E-state index is 0.548. The highest BCUT2D eigenvalue weighted by Gasteiger charge is 2.07. The van der Waals surface area contributed by atoms with Crippen molar-refractivity contribution in [1.82, 2.24) is 0 Å². The van der Waals surface area contributed by atoms with Crippen LogP contribution in [0.1, 0.15) is 24.5 Å². The highest BCUT2D eigenvalue weighted by molar-refractivity contribution is 7.80. The van der Waals surface area contributed by atoms with Gasteiger partial charge in [-0.25, -0.2) is 0 Å². The first-order chi connectivity index (χ1) is 7.19. The number of benzene rings is 1. The van der Waals surface area contributed by atoms with Gasteiger partial charge in [0.25, 0.3) is 0 Å². The monoisotopic (exact) mass is 224 g/mol. The Hall–Kier alpha value is -0.630.